The molecule has 5 nitrogen and oxygen atoms in total. The van der Waals surface area contributed by atoms with Crippen molar-refractivity contribution >= 4 is 28.5 Å². The van der Waals surface area contributed by atoms with Crippen LogP contribution in [0.3, 0.4) is 0 Å². The number of pyridine rings is 1. The molecule has 150 valence electrons. The molecule has 0 fully saturated rings. The summed E-state index contributed by atoms with van der Waals surface area (Å²) in [4.78, 5) is 16.8. The van der Waals surface area contributed by atoms with Crippen LogP contribution in [0.4, 0.5) is 0 Å². The first kappa shape index (κ1) is 19.7. The molecule has 30 heavy (non-hydrogen) atoms. The standard InChI is InChI=1S/C24H18ClNO4/c1-30-19-12-11-17(15-5-3-2-4-6-15)22-20(19)21(24(28)29)23(27)18(26-22)13-14-7-9-16(25)10-8-14/h2-12,27H,13H2,1H3,(H,28,29). The van der Waals surface area contributed by atoms with Crippen molar-refractivity contribution in [1.82, 2.24) is 4.98 Å². The summed E-state index contributed by atoms with van der Waals surface area (Å²) in [7, 11) is 1.46. The molecule has 0 saturated heterocycles. The van der Waals surface area contributed by atoms with E-state index in [1.165, 1.54) is 7.11 Å². The first-order valence-electron chi connectivity index (χ1n) is 9.25. The Morgan fingerprint density at radius 3 is 2.37 bits per heavy atom. The Morgan fingerprint density at radius 2 is 1.73 bits per heavy atom. The molecule has 0 aliphatic carbocycles. The number of methoxy groups -OCH3 is 1. The summed E-state index contributed by atoms with van der Waals surface area (Å²) in [5, 5.41) is 21.6. The average molecular weight is 420 g/mol. The fraction of sp³-hybridized carbons (Fsp3) is 0.0833. The summed E-state index contributed by atoms with van der Waals surface area (Å²) in [5.41, 5.74) is 3.00. The molecule has 1 aromatic heterocycles. The van der Waals surface area contributed by atoms with E-state index in [0.717, 1.165) is 16.7 Å². The maximum Gasteiger partial charge on any atom is 0.340 e. The summed E-state index contributed by atoms with van der Waals surface area (Å²) in [6.07, 6.45) is 0.255. The molecule has 0 radical (unpaired) electrons. The number of aromatic carboxylic acids is 1. The molecule has 0 atom stereocenters. The van der Waals surface area contributed by atoms with Crippen LogP contribution in [0.15, 0.2) is 66.7 Å². The molecule has 4 rings (SSSR count). The molecule has 4 aromatic rings. The lowest BCUT2D eigenvalue weighted by Gasteiger charge is -2.16. The molecule has 0 saturated carbocycles. The molecule has 0 bridgehead atoms. The monoisotopic (exact) mass is 419 g/mol. The number of nitrogens with zero attached hydrogens (tertiary/aromatic N) is 1. The lowest BCUT2D eigenvalue weighted by atomic mass is 9.96. The van der Waals surface area contributed by atoms with Gasteiger partial charge in [-0.05, 0) is 35.4 Å². The highest BCUT2D eigenvalue weighted by Crippen LogP contribution is 2.40. The minimum atomic E-state index is -1.25. The summed E-state index contributed by atoms with van der Waals surface area (Å²) >= 11 is 5.96. The fourth-order valence-corrected chi connectivity index (χ4v) is 3.65. The van der Waals surface area contributed by atoms with Crippen LogP contribution in [0.25, 0.3) is 22.0 Å². The second-order valence-electron chi connectivity index (χ2n) is 6.80. The van der Waals surface area contributed by atoms with Crippen LogP contribution in [-0.4, -0.2) is 28.3 Å². The van der Waals surface area contributed by atoms with Crippen molar-refractivity contribution in [3.05, 3.63) is 88.6 Å². The molecule has 0 spiro atoms. The predicted octanol–water partition coefficient (Wildman–Crippen LogP) is 5.56. The molecular formula is C24H18ClNO4. The smallest absolute Gasteiger partial charge is 0.340 e. The summed E-state index contributed by atoms with van der Waals surface area (Å²) in [5.74, 6) is -1.28. The van der Waals surface area contributed by atoms with Gasteiger partial charge in [-0.2, -0.15) is 0 Å². The van der Waals surface area contributed by atoms with Gasteiger partial charge in [0.2, 0.25) is 0 Å². The lowest BCUT2D eigenvalue weighted by Crippen LogP contribution is -2.06. The van der Waals surface area contributed by atoms with Crippen LogP contribution < -0.4 is 4.74 Å². The Hall–Kier alpha value is -3.57. The van der Waals surface area contributed by atoms with E-state index in [1.807, 2.05) is 48.5 Å². The molecule has 0 amide bonds. The molecule has 3 aromatic carbocycles. The van der Waals surface area contributed by atoms with Gasteiger partial charge in [0, 0.05) is 17.0 Å². The summed E-state index contributed by atoms with van der Waals surface area (Å²) < 4.78 is 5.41. The number of aromatic hydroxyl groups is 1. The van der Waals surface area contributed by atoms with Gasteiger partial charge < -0.3 is 14.9 Å². The first-order chi connectivity index (χ1) is 14.5. The largest absolute Gasteiger partial charge is 0.505 e. The zero-order valence-electron chi connectivity index (χ0n) is 16.1. The predicted molar refractivity (Wildman–Crippen MR) is 117 cm³/mol. The normalized spacial score (nSPS) is 10.9. The van der Waals surface area contributed by atoms with Crippen LogP contribution in [0, 0.1) is 0 Å². The number of rotatable bonds is 5. The Morgan fingerprint density at radius 1 is 1.03 bits per heavy atom. The van der Waals surface area contributed by atoms with Gasteiger partial charge in [-0.15, -0.1) is 0 Å². The molecule has 1 heterocycles. The highest BCUT2D eigenvalue weighted by Gasteiger charge is 2.24. The van der Waals surface area contributed by atoms with E-state index in [-0.39, 0.29) is 28.8 Å². The number of halogens is 1. The third kappa shape index (κ3) is 3.55. The van der Waals surface area contributed by atoms with Gasteiger partial charge in [-0.3, -0.25) is 0 Å². The van der Waals surface area contributed by atoms with Gasteiger partial charge in [-0.1, -0.05) is 54.1 Å². The summed E-state index contributed by atoms with van der Waals surface area (Å²) in [6, 6.07) is 20.2. The molecule has 6 heteroatoms. The first-order valence-corrected chi connectivity index (χ1v) is 9.63. The van der Waals surface area contributed by atoms with E-state index in [4.69, 9.17) is 21.3 Å². The second kappa shape index (κ2) is 8.05. The minimum Gasteiger partial charge on any atom is -0.505 e. The van der Waals surface area contributed by atoms with Gasteiger partial charge in [0.05, 0.1) is 23.7 Å². The number of ether oxygens (including phenoxy) is 1. The number of benzene rings is 3. The number of carbonyl (C=O) groups is 1. The molecule has 0 unspecified atom stereocenters. The van der Waals surface area contributed by atoms with Gasteiger partial charge in [0.1, 0.15) is 11.3 Å². The van der Waals surface area contributed by atoms with Crippen LogP contribution in [0.1, 0.15) is 21.6 Å². The number of hydrogen-bond acceptors (Lipinski definition) is 4. The van der Waals surface area contributed by atoms with Crippen LogP contribution >= 0.6 is 11.6 Å². The SMILES string of the molecule is COc1ccc(-c2ccccc2)c2nc(Cc3ccc(Cl)cc3)c(O)c(C(=O)O)c12. The van der Waals surface area contributed by atoms with E-state index in [2.05, 4.69) is 0 Å². The second-order valence-corrected chi connectivity index (χ2v) is 7.23. The molecular weight excluding hydrogens is 402 g/mol. The van der Waals surface area contributed by atoms with Crippen molar-refractivity contribution in [2.24, 2.45) is 0 Å². The Bertz CT molecular complexity index is 1240. The van der Waals surface area contributed by atoms with Crippen molar-refractivity contribution in [2.45, 2.75) is 6.42 Å². The van der Waals surface area contributed by atoms with Crippen molar-refractivity contribution in [3.8, 4) is 22.6 Å². The number of fused-ring (bicyclic) bond motifs is 1. The zero-order chi connectivity index (χ0) is 21.3. The number of hydrogen-bond donors (Lipinski definition) is 2. The fourth-order valence-electron chi connectivity index (χ4n) is 3.53. The van der Waals surface area contributed by atoms with E-state index in [0.29, 0.717) is 16.3 Å². The molecule has 0 aliphatic rings. The highest BCUT2D eigenvalue weighted by molar-refractivity contribution is 6.30. The van der Waals surface area contributed by atoms with Gasteiger partial charge >= 0.3 is 5.97 Å². The van der Waals surface area contributed by atoms with E-state index in [9.17, 15) is 15.0 Å². The number of carboxylic acid groups (broad SMARTS) is 1. The average Bonchev–Trinajstić information content (AvgIpc) is 2.75. The van der Waals surface area contributed by atoms with Crippen molar-refractivity contribution in [1.29, 1.82) is 0 Å². The number of aromatic nitrogens is 1. The van der Waals surface area contributed by atoms with Crippen molar-refractivity contribution in [2.75, 3.05) is 7.11 Å². The van der Waals surface area contributed by atoms with Gasteiger partial charge in [0.25, 0.3) is 0 Å². The zero-order valence-corrected chi connectivity index (χ0v) is 16.8. The van der Waals surface area contributed by atoms with Crippen molar-refractivity contribution in [3.63, 3.8) is 0 Å². The summed E-state index contributed by atoms with van der Waals surface area (Å²) in [6.45, 7) is 0. The Labute approximate surface area is 178 Å². The lowest BCUT2D eigenvalue weighted by molar-refractivity contribution is 0.0695. The van der Waals surface area contributed by atoms with Gasteiger partial charge in [0.15, 0.2) is 5.75 Å². The quantitative estimate of drug-likeness (QED) is 0.442. The number of carboxylic acids is 1. The molecule has 0 aliphatic heterocycles. The topological polar surface area (TPSA) is 79.7 Å². The van der Waals surface area contributed by atoms with E-state index >= 15 is 0 Å². The third-order valence-electron chi connectivity index (χ3n) is 4.95. The van der Waals surface area contributed by atoms with Crippen LogP contribution in [0.5, 0.6) is 11.5 Å². The van der Waals surface area contributed by atoms with E-state index < -0.39 is 5.97 Å². The third-order valence-corrected chi connectivity index (χ3v) is 5.20. The van der Waals surface area contributed by atoms with Gasteiger partial charge in [-0.25, -0.2) is 9.78 Å². The Balaban J connectivity index is 2.03. The van der Waals surface area contributed by atoms with Crippen molar-refractivity contribution < 1.29 is 19.7 Å². The van der Waals surface area contributed by atoms with Crippen LogP contribution in [-0.2, 0) is 6.42 Å². The Kier molecular flexibility index (Phi) is 5.29. The minimum absolute atomic E-state index is 0.224. The highest BCUT2D eigenvalue weighted by atomic mass is 35.5. The molecule has 2 N–H and O–H groups in total. The van der Waals surface area contributed by atoms with Crippen LogP contribution in [0.2, 0.25) is 5.02 Å². The maximum atomic E-state index is 12.1. The van der Waals surface area contributed by atoms with E-state index in [1.54, 1.807) is 18.2 Å². The maximum absolute atomic E-state index is 12.1.